The van der Waals surface area contributed by atoms with Crippen molar-refractivity contribution in [1.82, 2.24) is 16.0 Å². The van der Waals surface area contributed by atoms with E-state index < -0.39 is 41.9 Å². The van der Waals surface area contributed by atoms with Gasteiger partial charge in [0.1, 0.15) is 24.2 Å². The Morgan fingerprint density at radius 1 is 0.906 bits per heavy atom. The molecule has 0 rings (SSSR count). The lowest BCUT2D eigenvalue weighted by molar-refractivity contribution is -0.134. The zero-order valence-corrected chi connectivity index (χ0v) is 20.0. The Balaban J connectivity index is 5.26. The topological polar surface area (TPSA) is 173 Å². The van der Waals surface area contributed by atoms with Gasteiger partial charge in [-0.1, -0.05) is 34.1 Å². The number of unbranched alkanes of at least 4 members (excludes halogenated alkanes) is 1. The first-order valence-corrected chi connectivity index (χ1v) is 11.2. The second kappa shape index (κ2) is 15.5. The zero-order chi connectivity index (χ0) is 24.8. The molecule has 0 aromatic carbocycles. The quantitative estimate of drug-likeness (QED) is 0.158. The number of Topliss-reactive ketones (excluding diaryl/α,β-unsaturated/α-hetero) is 1. The van der Waals surface area contributed by atoms with Crippen molar-refractivity contribution in [3.05, 3.63) is 0 Å². The third kappa shape index (κ3) is 11.9. The minimum absolute atomic E-state index is 0.0663. The van der Waals surface area contributed by atoms with Crippen LogP contribution in [0.5, 0.6) is 0 Å². The Morgan fingerprint density at radius 3 is 2.00 bits per heavy atom. The molecule has 4 unspecified atom stereocenters. The summed E-state index contributed by atoms with van der Waals surface area (Å²) in [5.74, 6) is -1.94. The van der Waals surface area contributed by atoms with Crippen LogP contribution in [0.15, 0.2) is 0 Å². The van der Waals surface area contributed by atoms with E-state index >= 15 is 0 Å². The summed E-state index contributed by atoms with van der Waals surface area (Å²) in [6, 6.07) is -3.53. The third-order valence-electron chi connectivity index (χ3n) is 4.89. The first-order chi connectivity index (χ1) is 14.9. The van der Waals surface area contributed by atoms with Crippen LogP contribution in [0.25, 0.3) is 0 Å². The molecule has 4 atom stereocenters. The normalized spacial score (nSPS) is 14.9. The molecular weight excluding hydrogens is 414 g/mol. The summed E-state index contributed by atoms with van der Waals surface area (Å²) >= 11 is 0. The van der Waals surface area contributed by atoms with Gasteiger partial charge in [-0.3, -0.25) is 19.2 Å². The summed E-state index contributed by atoms with van der Waals surface area (Å²) in [6.07, 6.45) is 2.61. The van der Waals surface area contributed by atoms with Gasteiger partial charge >= 0.3 is 0 Å². The minimum atomic E-state index is -0.960. The van der Waals surface area contributed by atoms with Gasteiger partial charge in [0.15, 0.2) is 0 Å². The van der Waals surface area contributed by atoms with Crippen LogP contribution < -0.4 is 27.4 Å². The van der Waals surface area contributed by atoms with E-state index in [9.17, 15) is 24.0 Å². The monoisotopic (exact) mass is 455 g/mol. The molecule has 0 spiro atoms. The number of hydrogen-bond acceptors (Lipinski definition) is 7. The lowest BCUT2D eigenvalue weighted by Gasteiger charge is -2.27. The first-order valence-electron chi connectivity index (χ1n) is 11.2. The molecule has 0 fully saturated rings. The lowest BCUT2D eigenvalue weighted by Crippen LogP contribution is -2.58. The average molecular weight is 456 g/mol. The van der Waals surface area contributed by atoms with E-state index in [2.05, 4.69) is 16.0 Å². The predicted octanol–water partition coefficient (Wildman–Crippen LogP) is -0.223. The van der Waals surface area contributed by atoms with Crippen LogP contribution in [0, 0.1) is 11.8 Å². The van der Waals surface area contributed by atoms with E-state index in [4.69, 9.17) is 11.5 Å². The molecule has 32 heavy (non-hydrogen) atoms. The molecule has 10 nitrogen and oxygen atoms in total. The summed E-state index contributed by atoms with van der Waals surface area (Å²) in [5.41, 5.74) is 11.4. The summed E-state index contributed by atoms with van der Waals surface area (Å²) in [5, 5.41) is 7.87. The van der Waals surface area contributed by atoms with E-state index in [1.807, 2.05) is 13.8 Å². The number of carbonyl (C=O) groups is 5. The van der Waals surface area contributed by atoms with E-state index in [1.54, 1.807) is 13.8 Å². The highest BCUT2D eigenvalue weighted by Crippen LogP contribution is 2.09. The third-order valence-corrected chi connectivity index (χ3v) is 4.89. The smallest absolute Gasteiger partial charge is 0.243 e. The maximum absolute atomic E-state index is 12.9. The molecule has 0 saturated heterocycles. The van der Waals surface area contributed by atoms with Crippen LogP contribution in [0.1, 0.15) is 66.7 Å². The molecule has 0 bridgehead atoms. The van der Waals surface area contributed by atoms with E-state index in [-0.39, 0.29) is 24.0 Å². The number of hydrogen-bond donors (Lipinski definition) is 5. The van der Waals surface area contributed by atoms with Crippen molar-refractivity contribution < 1.29 is 24.0 Å². The number of rotatable bonds is 16. The summed E-state index contributed by atoms with van der Waals surface area (Å²) < 4.78 is 0. The van der Waals surface area contributed by atoms with Crippen molar-refractivity contribution in [2.45, 2.75) is 90.9 Å². The molecule has 3 amide bonds. The van der Waals surface area contributed by atoms with Crippen LogP contribution in [-0.2, 0) is 24.0 Å². The Morgan fingerprint density at radius 2 is 1.53 bits per heavy atom. The van der Waals surface area contributed by atoms with Gasteiger partial charge in [-0.2, -0.15) is 0 Å². The largest absolute Gasteiger partial charge is 0.344 e. The number of nitrogens with two attached hydrogens (primary N) is 2. The molecule has 0 aliphatic carbocycles. The highest BCUT2D eigenvalue weighted by atomic mass is 16.2. The minimum Gasteiger partial charge on any atom is -0.344 e. The molecule has 0 aromatic heterocycles. The lowest BCUT2D eigenvalue weighted by atomic mass is 9.99. The number of carbonyl (C=O) groups excluding carboxylic acids is 5. The molecule has 0 aliphatic rings. The molecule has 0 radical (unpaired) electrons. The van der Waals surface area contributed by atoms with E-state index in [1.165, 1.54) is 6.92 Å². The van der Waals surface area contributed by atoms with Gasteiger partial charge < -0.3 is 32.2 Å². The van der Waals surface area contributed by atoms with Crippen molar-refractivity contribution >= 4 is 29.8 Å². The van der Waals surface area contributed by atoms with Crippen LogP contribution in [0.4, 0.5) is 0 Å². The van der Waals surface area contributed by atoms with Gasteiger partial charge in [0.2, 0.25) is 17.7 Å². The molecule has 184 valence electrons. The predicted molar refractivity (Wildman–Crippen MR) is 122 cm³/mol. The summed E-state index contributed by atoms with van der Waals surface area (Å²) in [7, 11) is 0. The fourth-order valence-corrected chi connectivity index (χ4v) is 3.13. The highest BCUT2D eigenvalue weighted by molar-refractivity contribution is 5.94. The second-order valence-corrected chi connectivity index (χ2v) is 8.97. The number of ketones is 1. The van der Waals surface area contributed by atoms with Gasteiger partial charge in [0.25, 0.3) is 0 Å². The van der Waals surface area contributed by atoms with Crippen LogP contribution >= 0.6 is 0 Å². The van der Waals surface area contributed by atoms with Gasteiger partial charge in [-0.05, 0) is 44.6 Å². The van der Waals surface area contributed by atoms with Crippen LogP contribution in [0.2, 0.25) is 0 Å². The van der Waals surface area contributed by atoms with E-state index in [0.717, 1.165) is 6.42 Å². The molecular formula is C22H41N5O5. The van der Waals surface area contributed by atoms with Crippen molar-refractivity contribution in [2.24, 2.45) is 23.3 Å². The Bertz CT molecular complexity index is 638. The second-order valence-electron chi connectivity index (χ2n) is 8.97. The van der Waals surface area contributed by atoms with Crippen molar-refractivity contribution in [2.75, 3.05) is 6.54 Å². The van der Waals surface area contributed by atoms with Gasteiger partial charge in [0, 0.05) is 6.42 Å². The number of nitrogens with one attached hydrogen (secondary N) is 3. The van der Waals surface area contributed by atoms with Crippen molar-refractivity contribution in [1.29, 1.82) is 0 Å². The molecule has 0 saturated carbocycles. The van der Waals surface area contributed by atoms with E-state index in [0.29, 0.717) is 32.1 Å². The van der Waals surface area contributed by atoms with Crippen LogP contribution in [0.3, 0.4) is 0 Å². The Kier molecular flexibility index (Phi) is 14.3. The maximum Gasteiger partial charge on any atom is 0.243 e. The Labute approximate surface area is 191 Å². The summed E-state index contributed by atoms with van der Waals surface area (Å²) in [4.78, 5) is 60.6. The molecule has 10 heteroatoms. The van der Waals surface area contributed by atoms with Crippen molar-refractivity contribution in [3.63, 3.8) is 0 Å². The van der Waals surface area contributed by atoms with Crippen molar-refractivity contribution in [3.8, 4) is 0 Å². The van der Waals surface area contributed by atoms with Gasteiger partial charge in [-0.25, -0.2) is 0 Å². The van der Waals surface area contributed by atoms with Gasteiger partial charge in [0.05, 0.1) is 12.1 Å². The SMILES string of the molecule is CC(=O)CC(C=O)NC(=O)C(CC(C)C)NC(=O)C(NC(=O)C(N)CCCCN)C(C)C. The molecule has 0 aliphatic heterocycles. The number of amides is 3. The molecule has 0 aromatic rings. The molecule has 7 N–H and O–H groups in total. The van der Waals surface area contributed by atoms with Gasteiger partial charge in [-0.15, -0.1) is 0 Å². The first kappa shape index (κ1) is 29.7. The fraction of sp³-hybridized carbons (Fsp3) is 0.773. The zero-order valence-electron chi connectivity index (χ0n) is 20.0. The van der Waals surface area contributed by atoms with Crippen LogP contribution in [-0.4, -0.2) is 60.5 Å². The average Bonchev–Trinajstić information content (AvgIpc) is 2.69. The molecule has 0 heterocycles. The Hall–Kier alpha value is -2.33. The number of aldehydes is 1. The fourth-order valence-electron chi connectivity index (χ4n) is 3.13. The summed E-state index contributed by atoms with van der Waals surface area (Å²) in [6.45, 7) is 9.17. The maximum atomic E-state index is 12.9. The standard InChI is InChI=1S/C22H41N5O5/c1-13(2)10-18(21(31)25-16(12-28)11-15(5)29)26-22(32)19(14(3)4)27-20(30)17(24)8-6-7-9-23/h12-14,16-19H,6-11,23-24H2,1-5H3,(H,25,31)(H,26,32)(H,27,30). The highest BCUT2D eigenvalue weighted by Gasteiger charge is 2.31.